The number of rotatable bonds is 5. The Kier molecular flexibility index (Phi) is 4.18. The predicted molar refractivity (Wildman–Crippen MR) is 75.2 cm³/mol. The third-order valence-corrected chi connectivity index (χ3v) is 4.03. The van der Waals surface area contributed by atoms with Crippen LogP contribution in [-0.2, 0) is 16.6 Å². The summed E-state index contributed by atoms with van der Waals surface area (Å²) in [5.74, 6) is 5.28. The zero-order chi connectivity index (χ0) is 14.6. The second-order valence-corrected chi connectivity index (χ2v) is 5.63. The standard InChI is InChI=1S/C12H14N4O3S/c13-15-11-5-6-14-7-12(11)20(18,19)16-10-3-1-9(8-17)2-4-10/h1-7,16-17H,8,13H2,(H,14,15). The zero-order valence-corrected chi connectivity index (χ0v) is 11.3. The van der Waals surface area contributed by atoms with Crippen LogP contribution in [0.2, 0.25) is 0 Å². The number of hydrogen-bond donors (Lipinski definition) is 4. The Labute approximate surface area is 116 Å². The quantitative estimate of drug-likeness (QED) is 0.475. The van der Waals surface area contributed by atoms with Gasteiger partial charge in [0.25, 0.3) is 10.0 Å². The fourth-order valence-corrected chi connectivity index (χ4v) is 2.77. The van der Waals surface area contributed by atoms with E-state index in [-0.39, 0.29) is 17.2 Å². The minimum atomic E-state index is -3.79. The number of anilines is 2. The molecule has 0 bridgehead atoms. The zero-order valence-electron chi connectivity index (χ0n) is 10.4. The molecule has 0 aliphatic rings. The van der Waals surface area contributed by atoms with Crippen LogP contribution in [0, 0.1) is 0 Å². The van der Waals surface area contributed by atoms with Gasteiger partial charge in [-0.25, -0.2) is 8.42 Å². The molecule has 0 spiro atoms. The summed E-state index contributed by atoms with van der Waals surface area (Å²) in [6, 6.07) is 7.85. The number of hydrogen-bond acceptors (Lipinski definition) is 6. The van der Waals surface area contributed by atoms with Gasteiger partial charge >= 0.3 is 0 Å². The van der Waals surface area contributed by atoms with Crippen molar-refractivity contribution in [2.45, 2.75) is 11.5 Å². The number of sulfonamides is 1. The molecule has 0 atom stereocenters. The van der Waals surface area contributed by atoms with E-state index in [0.717, 1.165) is 0 Å². The molecule has 0 aliphatic carbocycles. The smallest absolute Gasteiger partial charge is 0.265 e. The minimum Gasteiger partial charge on any atom is -0.392 e. The Hall–Kier alpha value is -2.16. The van der Waals surface area contributed by atoms with Gasteiger partial charge in [0.2, 0.25) is 0 Å². The molecular formula is C12H14N4O3S. The first-order valence-corrected chi connectivity index (χ1v) is 7.18. The molecule has 1 heterocycles. The number of pyridine rings is 1. The van der Waals surface area contributed by atoms with E-state index in [0.29, 0.717) is 11.3 Å². The molecule has 106 valence electrons. The number of aliphatic hydroxyl groups excluding tert-OH is 1. The first-order valence-electron chi connectivity index (χ1n) is 5.70. The van der Waals surface area contributed by atoms with Gasteiger partial charge < -0.3 is 10.5 Å². The maximum atomic E-state index is 12.2. The summed E-state index contributed by atoms with van der Waals surface area (Å²) in [7, 11) is -3.79. The van der Waals surface area contributed by atoms with Crippen LogP contribution in [0.4, 0.5) is 11.4 Å². The molecule has 1 aromatic carbocycles. The number of nitrogens with zero attached hydrogens (tertiary/aromatic N) is 1. The van der Waals surface area contributed by atoms with Gasteiger partial charge in [0.05, 0.1) is 12.3 Å². The van der Waals surface area contributed by atoms with E-state index in [1.165, 1.54) is 18.5 Å². The number of aliphatic hydroxyl groups is 1. The van der Waals surface area contributed by atoms with Crippen molar-refractivity contribution in [1.29, 1.82) is 0 Å². The summed E-state index contributed by atoms with van der Waals surface area (Å²) in [6.45, 7) is -0.100. The number of aromatic nitrogens is 1. The molecule has 0 unspecified atom stereocenters. The van der Waals surface area contributed by atoms with Crippen molar-refractivity contribution in [3.05, 3.63) is 48.3 Å². The van der Waals surface area contributed by atoms with Crippen molar-refractivity contribution in [2.24, 2.45) is 5.84 Å². The van der Waals surface area contributed by atoms with Crippen LogP contribution in [0.15, 0.2) is 47.6 Å². The van der Waals surface area contributed by atoms with Gasteiger partial charge in [-0.1, -0.05) is 12.1 Å². The molecule has 0 saturated heterocycles. The minimum absolute atomic E-state index is 0.0475. The molecule has 0 radical (unpaired) electrons. The van der Waals surface area contributed by atoms with Crippen molar-refractivity contribution >= 4 is 21.4 Å². The molecule has 0 aliphatic heterocycles. The van der Waals surface area contributed by atoms with Gasteiger partial charge in [-0.05, 0) is 23.8 Å². The van der Waals surface area contributed by atoms with Crippen LogP contribution in [0.5, 0.6) is 0 Å². The maximum absolute atomic E-state index is 12.2. The second kappa shape index (κ2) is 5.87. The van der Waals surface area contributed by atoms with Crippen molar-refractivity contribution in [2.75, 3.05) is 10.1 Å². The number of nitrogen functional groups attached to an aromatic ring is 1. The van der Waals surface area contributed by atoms with Crippen LogP contribution < -0.4 is 16.0 Å². The van der Waals surface area contributed by atoms with Gasteiger partial charge in [-0.15, -0.1) is 0 Å². The van der Waals surface area contributed by atoms with Crippen molar-refractivity contribution in [3.8, 4) is 0 Å². The van der Waals surface area contributed by atoms with E-state index in [9.17, 15) is 8.42 Å². The highest BCUT2D eigenvalue weighted by atomic mass is 32.2. The molecule has 2 rings (SSSR count). The van der Waals surface area contributed by atoms with E-state index < -0.39 is 10.0 Å². The first kappa shape index (κ1) is 14.3. The number of hydrazine groups is 1. The van der Waals surface area contributed by atoms with Gasteiger partial charge in [0, 0.05) is 18.1 Å². The van der Waals surface area contributed by atoms with E-state index in [1.807, 2.05) is 0 Å². The molecule has 20 heavy (non-hydrogen) atoms. The molecule has 0 amide bonds. The third-order valence-electron chi connectivity index (χ3n) is 2.62. The second-order valence-electron chi connectivity index (χ2n) is 3.98. The van der Waals surface area contributed by atoms with E-state index in [2.05, 4.69) is 15.1 Å². The Balaban J connectivity index is 2.30. The fourth-order valence-electron chi connectivity index (χ4n) is 1.60. The van der Waals surface area contributed by atoms with Crippen LogP contribution in [0.3, 0.4) is 0 Å². The molecule has 2 aromatic rings. The molecule has 0 saturated carbocycles. The normalized spacial score (nSPS) is 11.1. The number of benzene rings is 1. The lowest BCUT2D eigenvalue weighted by Crippen LogP contribution is -2.17. The van der Waals surface area contributed by atoms with Gasteiger partial charge in [0.15, 0.2) is 0 Å². The Morgan fingerprint density at radius 1 is 1.20 bits per heavy atom. The van der Waals surface area contributed by atoms with E-state index >= 15 is 0 Å². The first-order chi connectivity index (χ1) is 9.56. The largest absolute Gasteiger partial charge is 0.392 e. The van der Waals surface area contributed by atoms with Crippen LogP contribution >= 0.6 is 0 Å². The van der Waals surface area contributed by atoms with Crippen molar-refractivity contribution < 1.29 is 13.5 Å². The maximum Gasteiger partial charge on any atom is 0.265 e. The number of nitrogens with two attached hydrogens (primary N) is 1. The predicted octanol–water partition coefficient (Wildman–Crippen LogP) is 0.660. The highest BCUT2D eigenvalue weighted by Crippen LogP contribution is 2.22. The highest BCUT2D eigenvalue weighted by molar-refractivity contribution is 7.92. The van der Waals surface area contributed by atoms with Gasteiger partial charge in [0.1, 0.15) is 4.90 Å². The molecule has 8 heteroatoms. The lowest BCUT2D eigenvalue weighted by atomic mass is 10.2. The van der Waals surface area contributed by atoms with Gasteiger partial charge in [-0.2, -0.15) is 0 Å². The molecule has 5 N–H and O–H groups in total. The topological polar surface area (TPSA) is 117 Å². The highest BCUT2D eigenvalue weighted by Gasteiger charge is 2.18. The summed E-state index contributed by atoms with van der Waals surface area (Å²) in [4.78, 5) is 3.73. The lowest BCUT2D eigenvalue weighted by molar-refractivity contribution is 0.282. The average molecular weight is 294 g/mol. The van der Waals surface area contributed by atoms with Gasteiger partial charge in [-0.3, -0.25) is 15.5 Å². The Morgan fingerprint density at radius 3 is 2.50 bits per heavy atom. The summed E-state index contributed by atoms with van der Waals surface area (Å²) in [5.41, 5.74) is 3.64. The Morgan fingerprint density at radius 2 is 1.90 bits per heavy atom. The summed E-state index contributed by atoms with van der Waals surface area (Å²) >= 11 is 0. The summed E-state index contributed by atoms with van der Waals surface area (Å²) < 4.78 is 26.9. The molecule has 0 fully saturated rings. The number of nitrogens with one attached hydrogen (secondary N) is 2. The lowest BCUT2D eigenvalue weighted by Gasteiger charge is -2.11. The summed E-state index contributed by atoms with van der Waals surface area (Å²) in [5, 5.41) is 8.94. The SMILES string of the molecule is NNc1ccncc1S(=O)(=O)Nc1ccc(CO)cc1. The third kappa shape index (κ3) is 3.05. The van der Waals surface area contributed by atoms with Crippen molar-refractivity contribution in [3.63, 3.8) is 0 Å². The van der Waals surface area contributed by atoms with Crippen molar-refractivity contribution in [1.82, 2.24) is 4.98 Å². The monoisotopic (exact) mass is 294 g/mol. The van der Waals surface area contributed by atoms with Crippen LogP contribution in [0.25, 0.3) is 0 Å². The van der Waals surface area contributed by atoms with E-state index in [4.69, 9.17) is 10.9 Å². The molecular weight excluding hydrogens is 280 g/mol. The van der Waals surface area contributed by atoms with Crippen LogP contribution in [0.1, 0.15) is 5.56 Å². The van der Waals surface area contributed by atoms with Crippen LogP contribution in [-0.4, -0.2) is 18.5 Å². The van der Waals surface area contributed by atoms with E-state index in [1.54, 1.807) is 24.3 Å². The molecule has 1 aromatic heterocycles. The average Bonchev–Trinajstić information content (AvgIpc) is 2.47. The fraction of sp³-hybridized carbons (Fsp3) is 0.0833. The molecule has 7 nitrogen and oxygen atoms in total. The Bertz CT molecular complexity index is 686. The summed E-state index contributed by atoms with van der Waals surface area (Å²) in [6.07, 6.45) is 2.64.